The average Bonchev–Trinajstić information content (AvgIpc) is 2.32. The zero-order chi connectivity index (χ0) is 12.6. The molecule has 0 N–H and O–H groups in total. The Labute approximate surface area is 91.1 Å². The second-order valence-electron chi connectivity index (χ2n) is 2.27. The first-order chi connectivity index (χ1) is 7.56. The van der Waals surface area contributed by atoms with Crippen LogP contribution in [0.5, 0.6) is 0 Å². The molecule has 0 spiro atoms. The van der Waals surface area contributed by atoms with E-state index in [9.17, 15) is 14.4 Å². The minimum absolute atomic E-state index is 0.534. The van der Waals surface area contributed by atoms with Crippen LogP contribution in [0, 0.1) is 0 Å². The fourth-order valence-electron chi connectivity index (χ4n) is 0.560. The van der Waals surface area contributed by atoms with Gasteiger partial charge in [0.05, 0.1) is 21.3 Å². The molecule has 16 heavy (non-hydrogen) atoms. The highest BCUT2D eigenvalue weighted by Crippen LogP contribution is 1.90. The summed E-state index contributed by atoms with van der Waals surface area (Å²) in [4.78, 5) is 37.0. The summed E-state index contributed by atoms with van der Waals surface area (Å²) in [7, 11) is 3.26. The fourth-order valence-corrected chi connectivity index (χ4v) is 0.560. The Morgan fingerprint density at radius 2 is 1.44 bits per heavy atom. The zero-order valence-corrected chi connectivity index (χ0v) is 9.01. The van der Waals surface area contributed by atoms with Gasteiger partial charge in [-0.15, -0.1) is 0 Å². The Morgan fingerprint density at radius 1 is 0.938 bits per heavy atom. The number of oxime groups is 1. The second-order valence-corrected chi connectivity index (χ2v) is 2.27. The van der Waals surface area contributed by atoms with Gasteiger partial charge in [-0.05, 0) is 0 Å². The molecule has 0 bridgehead atoms. The first kappa shape index (κ1) is 13.9. The van der Waals surface area contributed by atoms with Crippen LogP contribution in [0.25, 0.3) is 0 Å². The van der Waals surface area contributed by atoms with E-state index in [-0.39, 0.29) is 0 Å². The molecule has 0 saturated carbocycles. The summed E-state index contributed by atoms with van der Waals surface area (Å²) < 4.78 is 12.7. The molecule has 0 aliphatic rings. The van der Waals surface area contributed by atoms with Crippen molar-refractivity contribution in [1.29, 1.82) is 0 Å². The van der Waals surface area contributed by atoms with Crippen molar-refractivity contribution < 1.29 is 33.4 Å². The van der Waals surface area contributed by atoms with Crippen LogP contribution in [0.4, 0.5) is 0 Å². The lowest BCUT2D eigenvalue weighted by atomic mass is 10.4. The molecule has 0 radical (unpaired) electrons. The van der Waals surface area contributed by atoms with Crippen molar-refractivity contribution in [3.05, 3.63) is 0 Å². The predicted molar refractivity (Wildman–Crippen MR) is 49.4 cm³/mol. The van der Waals surface area contributed by atoms with Gasteiger partial charge >= 0.3 is 17.9 Å². The Bertz CT molecular complexity index is 292. The standard InChI is InChI=1S/C8H11NO7/c1-13-5(10)4-16-9-6(7(11)14-2)8(12)15-3/h4H2,1-3H3/i9+1. The first-order valence-corrected chi connectivity index (χ1v) is 4.00. The van der Waals surface area contributed by atoms with E-state index in [4.69, 9.17) is 0 Å². The Morgan fingerprint density at radius 3 is 1.81 bits per heavy atom. The molecule has 0 heterocycles. The van der Waals surface area contributed by atoms with Crippen molar-refractivity contribution >= 4 is 23.6 Å². The molecule has 0 aromatic heterocycles. The van der Waals surface area contributed by atoms with Crippen molar-refractivity contribution in [3.63, 3.8) is 0 Å². The number of hydrogen-bond acceptors (Lipinski definition) is 8. The number of nitrogens with zero attached hydrogens (tertiary/aromatic N) is 1. The van der Waals surface area contributed by atoms with E-state index in [1.165, 1.54) is 0 Å². The largest absolute Gasteiger partial charge is 0.466 e. The molecule has 0 unspecified atom stereocenters. The maximum Gasteiger partial charge on any atom is 0.367 e. The fraction of sp³-hybridized carbons (Fsp3) is 0.500. The minimum atomic E-state index is -1.03. The van der Waals surface area contributed by atoms with E-state index in [0.29, 0.717) is 0 Å². The van der Waals surface area contributed by atoms with Gasteiger partial charge < -0.3 is 19.0 Å². The highest BCUT2D eigenvalue weighted by molar-refractivity contribution is 6.62. The summed E-state index contributed by atoms with van der Waals surface area (Å²) >= 11 is 0. The third kappa shape index (κ3) is 4.40. The molecule has 0 aliphatic carbocycles. The van der Waals surface area contributed by atoms with E-state index in [0.717, 1.165) is 21.3 Å². The normalized spacial score (nSPS) is 8.69. The van der Waals surface area contributed by atoms with E-state index in [1.807, 2.05) is 0 Å². The number of ether oxygens (including phenoxy) is 3. The quantitative estimate of drug-likeness (QED) is 0.148. The predicted octanol–water partition coefficient (Wildman–Crippen LogP) is -1.12. The molecule has 0 saturated heterocycles. The number of rotatable bonds is 5. The summed E-state index contributed by atoms with van der Waals surface area (Å²) in [5.74, 6) is -2.77. The van der Waals surface area contributed by atoms with Crippen LogP contribution >= 0.6 is 0 Å². The van der Waals surface area contributed by atoms with Gasteiger partial charge in [0.15, 0.2) is 0 Å². The lowest BCUT2D eigenvalue weighted by Crippen LogP contribution is -2.27. The van der Waals surface area contributed by atoms with Crippen LogP contribution in [0.1, 0.15) is 0 Å². The SMILES string of the molecule is COC(=O)CO[15N]=C(C(=O)OC)C(=O)OC. The number of esters is 3. The molecule has 0 aliphatic heterocycles. The monoisotopic (exact) mass is 234 g/mol. The molecular weight excluding hydrogens is 223 g/mol. The van der Waals surface area contributed by atoms with Gasteiger partial charge in [-0.2, -0.15) is 0 Å². The van der Waals surface area contributed by atoms with Crippen molar-refractivity contribution in [1.82, 2.24) is 0 Å². The number of hydrogen-bond donors (Lipinski definition) is 0. The van der Waals surface area contributed by atoms with Crippen molar-refractivity contribution in [2.75, 3.05) is 27.9 Å². The lowest BCUT2D eigenvalue weighted by molar-refractivity contribution is -0.147. The number of methoxy groups -OCH3 is 3. The minimum Gasteiger partial charge on any atom is -0.466 e. The summed E-state index contributed by atoms with van der Waals surface area (Å²) in [5.41, 5.74) is -0.700. The third-order valence-electron chi connectivity index (χ3n) is 1.32. The lowest BCUT2D eigenvalue weighted by Gasteiger charge is -2.02. The van der Waals surface area contributed by atoms with Gasteiger partial charge in [-0.25, -0.2) is 14.4 Å². The molecule has 0 atom stereocenters. The van der Waals surface area contributed by atoms with Crippen LogP contribution in [0.15, 0.2) is 5.16 Å². The molecule has 0 aromatic rings. The van der Waals surface area contributed by atoms with Crippen LogP contribution in [-0.4, -0.2) is 51.6 Å². The highest BCUT2D eigenvalue weighted by atomic mass is 16.8. The van der Waals surface area contributed by atoms with E-state index in [2.05, 4.69) is 24.2 Å². The number of carbonyl (C=O) groups excluding carboxylic acids is 3. The summed E-state index contributed by atoms with van der Waals surface area (Å²) in [5, 5.41) is 3.12. The van der Waals surface area contributed by atoms with Gasteiger partial charge in [0.1, 0.15) is 0 Å². The van der Waals surface area contributed by atoms with Crippen molar-refractivity contribution in [3.8, 4) is 0 Å². The summed E-state index contributed by atoms with van der Waals surface area (Å²) in [6.07, 6.45) is 0. The third-order valence-corrected chi connectivity index (χ3v) is 1.32. The molecule has 90 valence electrons. The smallest absolute Gasteiger partial charge is 0.367 e. The second kappa shape index (κ2) is 7.21. The van der Waals surface area contributed by atoms with Crippen molar-refractivity contribution in [2.24, 2.45) is 5.16 Å². The first-order valence-electron chi connectivity index (χ1n) is 4.00. The maximum absolute atomic E-state index is 11.0. The molecule has 0 fully saturated rings. The van der Waals surface area contributed by atoms with Crippen LogP contribution in [-0.2, 0) is 33.4 Å². The summed E-state index contributed by atoms with van der Waals surface area (Å²) in [6, 6.07) is 0. The highest BCUT2D eigenvalue weighted by Gasteiger charge is 2.23. The van der Waals surface area contributed by atoms with E-state index in [1.54, 1.807) is 0 Å². The number of carbonyl (C=O) groups is 3. The van der Waals surface area contributed by atoms with Gasteiger partial charge in [0.2, 0.25) is 6.61 Å². The van der Waals surface area contributed by atoms with Crippen molar-refractivity contribution in [2.45, 2.75) is 0 Å². The van der Waals surface area contributed by atoms with Crippen LogP contribution in [0.2, 0.25) is 0 Å². The topological polar surface area (TPSA) is 100 Å². The Kier molecular flexibility index (Phi) is 6.25. The summed E-state index contributed by atoms with van der Waals surface area (Å²) in [6.45, 7) is -0.534. The van der Waals surface area contributed by atoms with Gasteiger partial charge in [0, 0.05) is 0 Å². The van der Waals surface area contributed by atoms with Gasteiger partial charge in [0.25, 0.3) is 5.71 Å². The van der Waals surface area contributed by atoms with Crippen LogP contribution in [0.3, 0.4) is 0 Å². The van der Waals surface area contributed by atoms with Gasteiger partial charge in [-0.1, -0.05) is 5.16 Å². The molecule has 0 amide bonds. The average molecular weight is 234 g/mol. The molecule has 8 heteroatoms. The molecule has 0 aromatic carbocycles. The zero-order valence-electron chi connectivity index (χ0n) is 9.01. The van der Waals surface area contributed by atoms with Crippen LogP contribution < -0.4 is 0 Å². The Hall–Kier alpha value is -2.12. The molecule has 8 nitrogen and oxygen atoms in total. The van der Waals surface area contributed by atoms with Gasteiger partial charge in [-0.3, -0.25) is 0 Å². The van der Waals surface area contributed by atoms with E-state index < -0.39 is 30.2 Å². The maximum atomic E-state index is 11.0. The van der Waals surface area contributed by atoms with E-state index >= 15 is 0 Å². The molecule has 0 rings (SSSR count). The Balaban J connectivity index is 4.51. The molecular formula is C8H11NO7.